The SMILES string of the molecule is COc1ccc(S(=O)(=O)/C(C#N)=C/c2cc(C(C)(C)C)c(O)c(C(C)(C)C)c2)cc1OC. The van der Waals surface area contributed by atoms with Crippen LogP contribution in [0.3, 0.4) is 0 Å². The molecule has 0 aromatic heterocycles. The Labute approximate surface area is 191 Å². The van der Waals surface area contributed by atoms with Gasteiger partial charge in [-0.1, -0.05) is 41.5 Å². The summed E-state index contributed by atoms with van der Waals surface area (Å²) in [5.74, 6) is 0.820. The number of phenols is 1. The van der Waals surface area contributed by atoms with Crippen LogP contribution in [0.15, 0.2) is 40.1 Å². The van der Waals surface area contributed by atoms with Crippen LogP contribution >= 0.6 is 0 Å². The average molecular weight is 458 g/mol. The van der Waals surface area contributed by atoms with Gasteiger partial charge in [-0.05, 0) is 46.7 Å². The molecule has 2 rings (SSSR count). The lowest BCUT2D eigenvalue weighted by Crippen LogP contribution is -2.17. The van der Waals surface area contributed by atoms with E-state index in [0.29, 0.717) is 22.4 Å². The predicted molar refractivity (Wildman–Crippen MR) is 126 cm³/mol. The third kappa shape index (κ3) is 5.08. The number of ether oxygens (including phenoxy) is 2. The summed E-state index contributed by atoms with van der Waals surface area (Å²) in [6, 6.07) is 9.47. The maximum atomic E-state index is 13.2. The first-order valence-electron chi connectivity index (χ1n) is 10.1. The number of aromatic hydroxyl groups is 1. The zero-order chi connectivity index (χ0) is 24.5. The number of rotatable bonds is 5. The van der Waals surface area contributed by atoms with Gasteiger partial charge in [-0.25, -0.2) is 8.42 Å². The molecule has 7 heteroatoms. The van der Waals surface area contributed by atoms with Gasteiger partial charge in [0.2, 0.25) is 9.84 Å². The van der Waals surface area contributed by atoms with Gasteiger partial charge in [0.1, 0.15) is 16.7 Å². The number of nitrogens with zero attached hydrogens (tertiary/aromatic N) is 1. The molecule has 32 heavy (non-hydrogen) atoms. The normalized spacial score (nSPS) is 12.9. The van der Waals surface area contributed by atoms with Crippen LogP contribution in [0, 0.1) is 11.3 Å². The monoisotopic (exact) mass is 457 g/mol. The van der Waals surface area contributed by atoms with E-state index in [0.717, 1.165) is 0 Å². The molecule has 1 N–H and O–H groups in total. The zero-order valence-corrected chi connectivity index (χ0v) is 20.7. The Hall–Kier alpha value is -2.98. The molecule has 0 saturated heterocycles. The van der Waals surface area contributed by atoms with Crippen molar-refractivity contribution in [2.24, 2.45) is 0 Å². The summed E-state index contributed by atoms with van der Waals surface area (Å²) in [6.07, 6.45) is 1.34. The fourth-order valence-corrected chi connectivity index (χ4v) is 4.49. The summed E-state index contributed by atoms with van der Waals surface area (Å²) in [6.45, 7) is 11.8. The molecule has 2 aromatic rings. The van der Waals surface area contributed by atoms with Crippen molar-refractivity contribution in [3.63, 3.8) is 0 Å². The van der Waals surface area contributed by atoms with Gasteiger partial charge in [-0.15, -0.1) is 0 Å². The van der Waals surface area contributed by atoms with Crippen LogP contribution in [0.1, 0.15) is 58.2 Å². The van der Waals surface area contributed by atoms with Crippen LogP contribution in [0.5, 0.6) is 17.2 Å². The van der Waals surface area contributed by atoms with Gasteiger partial charge in [0.15, 0.2) is 11.5 Å². The highest BCUT2D eigenvalue weighted by atomic mass is 32.2. The van der Waals surface area contributed by atoms with Crippen molar-refractivity contribution in [3.05, 3.63) is 51.9 Å². The van der Waals surface area contributed by atoms with Crippen molar-refractivity contribution in [2.45, 2.75) is 57.3 Å². The second-order valence-electron chi connectivity index (χ2n) is 9.61. The lowest BCUT2D eigenvalue weighted by molar-refractivity contribution is 0.354. The van der Waals surface area contributed by atoms with Crippen LogP contribution in [-0.2, 0) is 20.7 Å². The molecule has 2 aromatic carbocycles. The molecule has 0 aliphatic carbocycles. The smallest absolute Gasteiger partial charge is 0.216 e. The fourth-order valence-electron chi connectivity index (χ4n) is 3.32. The second-order valence-corrected chi connectivity index (χ2v) is 11.5. The van der Waals surface area contributed by atoms with Crippen molar-refractivity contribution in [1.29, 1.82) is 5.26 Å². The minimum absolute atomic E-state index is 0.0752. The standard InChI is InChI=1S/C25H31NO5S/c1-24(2,3)19-12-16(13-20(23(19)27)25(4,5)6)11-18(15-26)32(28,29)17-9-10-21(30-7)22(14-17)31-8/h9-14,27H,1-8H3/b18-11+. The maximum absolute atomic E-state index is 13.2. The number of phenolic OH excluding ortho intramolecular Hbond substituents is 1. The van der Waals surface area contributed by atoms with E-state index in [1.165, 1.54) is 38.5 Å². The number of nitriles is 1. The molecule has 0 fully saturated rings. The Morgan fingerprint density at radius 2 is 1.44 bits per heavy atom. The highest BCUT2D eigenvalue weighted by Crippen LogP contribution is 2.40. The molecule has 0 unspecified atom stereocenters. The topological polar surface area (TPSA) is 96.6 Å². The number of hydrogen-bond donors (Lipinski definition) is 1. The van der Waals surface area contributed by atoms with Crippen LogP contribution in [0.4, 0.5) is 0 Å². The van der Waals surface area contributed by atoms with Gasteiger partial charge < -0.3 is 14.6 Å². The number of hydrogen-bond acceptors (Lipinski definition) is 6. The molecule has 0 spiro atoms. The number of sulfone groups is 1. The average Bonchev–Trinajstić information content (AvgIpc) is 2.70. The van der Waals surface area contributed by atoms with E-state index in [-0.39, 0.29) is 27.2 Å². The Balaban J connectivity index is 2.74. The van der Waals surface area contributed by atoms with E-state index in [1.807, 2.05) is 47.6 Å². The van der Waals surface area contributed by atoms with E-state index in [9.17, 15) is 18.8 Å². The largest absolute Gasteiger partial charge is 0.507 e. The Morgan fingerprint density at radius 1 is 0.938 bits per heavy atom. The van der Waals surface area contributed by atoms with E-state index in [1.54, 1.807) is 12.1 Å². The van der Waals surface area contributed by atoms with Gasteiger partial charge in [-0.2, -0.15) is 5.26 Å². The molecule has 0 saturated carbocycles. The summed E-state index contributed by atoms with van der Waals surface area (Å²) >= 11 is 0. The lowest BCUT2D eigenvalue weighted by atomic mass is 9.78. The highest BCUT2D eigenvalue weighted by Gasteiger charge is 2.28. The minimum atomic E-state index is -4.11. The first-order chi connectivity index (χ1) is 14.7. The zero-order valence-electron chi connectivity index (χ0n) is 19.9. The first-order valence-corrected chi connectivity index (χ1v) is 11.6. The van der Waals surface area contributed by atoms with Gasteiger partial charge in [0.05, 0.1) is 19.1 Å². The molecular weight excluding hydrogens is 426 g/mol. The highest BCUT2D eigenvalue weighted by molar-refractivity contribution is 7.95. The molecule has 0 bridgehead atoms. The molecule has 0 atom stereocenters. The van der Waals surface area contributed by atoms with E-state index in [2.05, 4.69) is 0 Å². The van der Waals surface area contributed by atoms with Crippen molar-refractivity contribution in [3.8, 4) is 23.3 Å². The lowest BCUT2D eigenvalue weighted by Gasteiger charge is -2.28. The molecule has 0 radical (unpaired) electrons. The molecular formula is C25H31NO5S. The molecule has 6 nitrogen and oxygen atoms in total. The van der Waals surface area contributed by atoms with Crippen molar-refractivity contribution >= 4 is 15.9 Å². The number of allylic oxidation sites excluding steroid dienone is 1. The van der Waals surface area contributed by atoms with Crippen molar-refractivity contribution in [2.75, 3.05) is 14.2 Å². The number of methoxy groups -OCH3 is 2. The minimum Gasteiger partial charge on any atom is -0.507 e. The van der Waals surface area contributed by atoms with Gasteiger partial charge in [0.25, 0.3) is 0 Å². The Morgan fingerprint density at radius 3 is 1.84 bits per heavy atom. The van der Waals surface area contributed by atoms with Crippen LogP contribution in [-0.4, -0.2) is 27.7 Å². The molecule has 0 amide bonds. The van der Waals surface area contributed by atoms with Crippen LogP contribution in [0.2, 0.25) is 0 Å². The summed E-state index contributed by atoms with van der Waals surface area (Å²) < 4.78 is 36.8. The molecule has 0 aliphatic heterocycles. The molecule has 0 aliphatic rings. The predicted octanol–water partition coefficient (Wildman–Crippen LogP) is 5.34. The third-order valence-corrected chi connectivity index (χ3v) is 6.77. The molecule has 172 valence electrons. The van der Waals surface area contributed by atoms with E-state index >= 15 is 0 Å². The quantitative estimate of drug-likeness (QED) is 0.609. The fraction of sp³-hybridized carbons (Fsp3) is 0.400. The Kier molecular flexibility index (Phi) is 7.01. The summed E-state index contributed by atoms with van der Waals surface area (Å²) in [5.41, 5.74) is 1.11. The van der Waals surface area contributed by atoms with E-state index < -0.39 is 14.7 Å². The summed E-state index contributed by atoms with van der Waals surface area (Å²) in [5, 5.41) is 20.6. The van der Waals surface area contributed by atoms with Gasteiger partial charge in [0, 0.05) is 17.2 Å². The van der Waals surface area contributed by atoms with Gasteiger partial charge in [-0.3, -0.25) is 0 Å². The Bertz CT molecular complexity index is 1160. The maximum Gasteiger partial charge on any atom is 0.216 e. The van der Waals surface area contributed by atoms with Crippen LogP contribution in [0.25, 0.3) is 6.08 Å². The van der Waals surface area contributed by atoms with Crippen molar-refractivity contribution < 1.29 is 23.0 Å². The summed E-state index contributed by atoms with van der Waals surface area (Å²) in [7, 11) is -1.25. The van der Waals surface area contributed by atoms with Crippen molar-refractivity contribution in [1.82, 2.24) is 0 Å². The molecule has 0 heterocycles. The van der Waals surface area contributed by atoms with E-state index in [4.69, 9.17) is 9.47 Å². The summed E-state index contributed by atoms with van der Waals surface area (Å²) in [4.78, 5) is -0.482. The number of benzene rings is 2. The third-order valence-electron chi connectivity index (χ3n) is 5.11. The first kappa shape index (κ1) is 25.3. The second kappa shape index (κ2) is 8.87. The van der Waals surface area contributed by atoms with Crippen LogP contribution < -0.4 is 9.47 Å². The van der Waals surface area contributed by atoms with Gasteiger partial charge >= 0.3 is 0 Å².